The number of aromatic nitrogens is 1. The monoisotopic (exact) mass is 448 g/mol. The van der Waals surface area contributed by atoms with E-state index in [0.717, 1.165) is 31.6 Å². The topological polar surface area (TPSA) is 89.3 Å². The fraction of sp³-hybridized carbons (Fsp3) is 0.263. The molecule has 1 heterocycles. The van der Waals surface area contributed by atoms with Gasteiger partial charge in [-0.3, -0.25) is 10.2 Å². The lowest BCUT2D eigenvalue weighted by molar-refractivity contribution is -0.118. The summed E-state index contributed by atoms with van der Waals surface area (Å²) in [4.78, 5) is 16.7. The van der Waals surface area contributed by atoms with Gasteiger partial charge >= 0.3 is 0 Å². The van der Waals surface area contributed by atoms with Crippen molar-refractivity contribution in [2.75, 3.05) is 17.3 Å². The Balaban J connectivity index is 1.71. The molecule has 2 aromatic carbocycles. The molecule has 0 aliphatic carbocycles. The second-order valence-corrected chi connectivity index (χ2v) is 8.39. The van der Waals surface area contributed by atoms with Crippen molar-refractivity contribution in [3.8, 4) is 5.75 Å². The molecule has 142 valence electrons. The van der Waals surface area contributed by atoms with E-state index in [1.165, 1.54) is 11.3 Å². The Kier molecular flexibility index (Phi) is 5.98. The summed E-state index contributed by atoms with van der Waals surface area (Å²) in [5, 5.41) is 3.48. The van der Waals surface area contributed by atoms with Gasteiger partial charge in [0, 0.05) is 10.2 Å². The highest BCUT2D eigenvalue weighted by Gasteiger charge is 2.13. The number of anilines is 2. The SMILES string of the molecule is Cc1ccc(C(C)C)c(OCC(=O)Nc2cc(Br)c3nc(NN)sc3c2)c1. The Bertz CT molecular complexity index is 987. The zero-order chi connectivity index (χ0) is 19.6. The van der Waals surface area contributed by atoms with Gasteiger partial charge in [-0.15, -0.1) is 0 Å². The van der Waals surface area contributed by atoms with Crippen LogP contribution < -0.4 is 21.3 Å². The van der Waals surface area contributed by atoms with Crippen LogP contribution in [0, 0.1) is 6.92 Å². The second kappa shape index (κ2) is 8.24. The molecule has 0 bridgehead atoms. The summed E-state index contributed by atoms with van der Waals surface area (Å²) in [5.74, 6) is 6.26. The van der Waals surface area contributed by atoms with Gasteiger partial charge in [-0.05, 0) is 58.1 Å². The molecule has 0 fully saturated rings. The van der Waals surface area contributed by atoms with Gasteiger partial charge in [0.25, 0.3) is 5.91 Å². The molecule has 0 saturated carbocycles. The van der Waals surface area contributed by atoms with Gasteiger partial charge in [-0.2, -0.15) is 0 Å². The predicted octanol–water partition coefficient (Wildman–Crippen LogP) is 4.79. The summed E-state index contributed by atoms with van der Waals surface area (Å²) in [7, 11) is 0. The van der Waals surface area contributed by atoms with Crippen LogP contribution in [0.1, 0.15) is 30.9 Å². The van der Waals surface area contributed by atoms with Crippen LogP contribution in [0.25, 0.3) is 10.2 Å². The van der Waals surface area contributed by atoms with Gasteiger partial charge in [0.1, 0.15) is 5.75 Å². The average molecular weight is 449 g/mol. The molecule has 0 unspecified atom stereocenters. The lowest BCUT2D eigenvalue weighted by Crippen LogP contribution is -2.20. The highest BCUT2D eigenvalue weighted by Crippen LogP contribution is 2.34. The number of thiazole rings is 1. The number of nitrogens with one attached hydrogen (secondary N) is 2. The smallest absolute Gasteiger partial charge is 0.262 e. The maximum atomic E-state index is 12.4. The fourth-order valence-corrected chi connectivity index (χ4v) is 4.23. The number of hydrogen-bond donors (Lipinski definition) is 3. The van der Waals surface area contributed by atoms with Gasteiger partial charge in [0.15, 0.2) is 11.7 Å². The van der Waals surface area contributed by atoms with Crippen LogP contribution in [0.2, 0.25) is 0 Å². The van der Waals surface area contributed by atoms with Crippen LogP contribution in [0.4, 0.5) is 10.8 Å². The minimum absolute atomic E-state index is 0.0584. The van der Waals surface area contributed by atoms with E-state index in [0.29, 0.717) is 16.7 Å². The van der Waals surface area contributed by atoms with E-state index in [1.54, 1.807) is 0 Å². The molecule has 8 heteroatoms. The zero-order valence-electron chi connectivity index (χ0n) is 15.3. The molecule has 0 radical (unpaired) electrons. The summed E-state index contributed by atoms with van der Waals surface area (Å²) < 4.78 is 7.49. The fourth-order valence-electron chi connectivity index (χ4n) is 2.71. The standard InChI is InChI=1S/C19H21BrN4O2S/c1-10(2)13-5-4-11(3)6-15(13)26-9-17(25)22-12-7-14(20)18-16(8-12)27-19(23-18)24-21/h4-8,10H,9,21H2,1-3H3,(H,22,25)(H,23,24). The predicted molar refractivity (Wildman–Crippen MR) is 115 cm³/mol. The summed E-state index contributed by atoms with van der Waals surface area (Å²) in [6.07, 6.45) is 0. The lowest BCUT2D eigenvalue weighted by atomic mass is 10.0. The molecule has 1 aromatic heterocycles. The van der Waals surface area contributed by atoms with E-state index in [-0.39, 0.29) is 12.5 Å². The molecule has 0 aliphatic heterocycles. The van der Waals surface area contributed by atoms with Crippen molar-refractivity contribution in [1.82, 2.24) is 4.98 Å². The molecule has 0 spiro atoms. The van der Waals surface area contributed by atoms with Crippen LogP contribution in [-0.4, -0.2) is 17.5 Å². The van der Waals surface area contributed by atoms with Gasteiger partial charge in [0.2, 0.25) is 0 Å². The Morgan fingerprint density at radius 2 is 2.11 bits per heavy atom. The number of hydrogen-bond acceptors (Lipinski definition) is 6. The van der Waals surface area contributed by atoms with Crippen LogP contribution in [0.3, 0.4) is 0 Å². The van der Waals surface area contributed by atoms with E-state index in [4.69, 9.17) is 10.6 Å². The minimum atomic E-state index is -0.223. The van der Waals surface area contributed by atoms with Crippen LogP contribution >= 0.6 is 27.3 Å². The molecule has 0 saturated heterocycles. The van der Waals surface area contributed by atoms with Crippen LogP contribution in [0.15, 0.2) is 34.8 Å². The molecular weight excluding hydrogens is 428 g/mol. The lowest BCUT2D eigenvalue weighted by Gasteiger charge is -2.15. The van der Waals surface area contributed by atoms with Crippen LogP contribution in [-0.2, 0) is 4.79 Å². The molecule has 0 atom stereocenters. The van der Waals surface area contributed by atoms with Gasteiger partial charge in [-0.1, -0.05) is 37.3 Å². The first-order valence-corrected chi connectivity index (χ1v) is 10.1. The number of benzene rings is 2. The number of carbonyl (C=O) groups excluding carboxylic acids is 1. The Morgan fingerprint density at radius 3 is 2.81 bits per heavy atom. The summed E-state index contributed by atoms with van der Waals surface area (Å²) >= 11 is 4.89. The quantitative estimate of drug-likeness (QED) is 0.372. The van der Waals surface area contributed by atoms with Crippen molar-refractivity contribution >= 4 is 54.2 Å². The third-order valence-electron chi connectivity index (χ3n) is 4.01. The summed E-state index contributed by atoms with van der Waals surface area (Å²) in [5.41, 5.74) is 6.19. The molecule has 3 rings (SSSR count). The largest absolute Gasteiger partial charge is 0.483 e. The highest BCUT2D eigenvalue weighted by atomic mass is 79.9. The number of carbonyl (C=O) groups is 1. The minimum Gasteiger partial charge on any atom is -0.483 e. The molecule has 1 amide bonds. The summed E-state index contributed by atoms with van der Waals surface area (Å²) in [6, 6.07) is 9.73. The van der Waals surface area contributed by atoms with E-state index >= 15 is 0 Å². The third-order valence-corrected chi connectivity index (χ3v) is 5.54. The number of aryl methyl sites for hydroxylation is 1. The number of nitrogen functional groups attached to an aromatic ring is 1. The number of nitrogens with two attached hydrogens (primary N) is 1. The second-order valence-electron chi connectivity index (χ2n) is 6.50. The molecule has 0 aliphatic rings. The first kappa shape index (κ1) is 19.6. The van der Waals surface area contributed by atoms with Gasteiger partial charge < -0.3 is 10.1 Å². The molecule has 4 N–H and O–H groups in total. The van der Waals surface area contributed by atoms with E-state index in [2.05, 4.69) is 51.6 Å². The number of rotatable bonds is 6. The first-order valence-electron chi connectivity index (χ1n) is 8.47. The number of ether oxygens (including phenoxy) is 1. The van der Waals surface area contributed by atoms with Crippen molar-refractivity contribution in [1.29, 1.82) is 0 Å². The average Bonchev–Trinajstić information content (AvgIpc) is 3.03. The van der Waals surface area contributed by atoms with Gasteiger partial charge in [0.05, 0.1) is 10.2 Å². The van der Waals surface area contributed by atoms with Crippen molar-refractivity contribution in [2.24, 2.45) is 5.84 Å². The maximum Gasteiger partial charge on any atom is 0.262 e. The Morgan fingerprint density at radius 1 is 1.33 bits per heavy atom. The van der Waals surface area contributed by atoms with Crippen molar-refractivity contribution < 1.29 is 9.53 Å². The van der Waals surface area contributed by atoms with Crippen molar-refractivity contribution in [3.05, 3.63) is 45.9 Å². The number of hydrazine groups is 1. The molecule has 6 nitrogen and oxygen atoms in total. The normalized spacial score (nSPS) is 11.0. The summed E-state index contributed by atoms with van der Waals surface area (Å²) in [6.45, 7) is 6.15. The molecule has 3 aromatic rings. The van der Waals surface area contributed by atoms with E-state index in [9.17, 15) is 4.79 Å². The van der Waals surface area contributed by atoms with Gasteiger partial charge in [-0.25, -0.2) is 10.8 Å². The number of fused-ring (bicyclic) bond motifs is 1. The van der Waals surface area contributed by atoms with E-state index in [1.807, 2.05) is 31.2 Å². The number of nitrogens with zero attached hydrogens (tertiary/aromatic N) is 1. The first-order chi connectivity index (χ1) is 12.9. The van der Waals surface area contributed by atoms with Crippen molar-refractivity contribution in [3.63, 3.8) is 0 Å². The van der Waals surface area contributed by atoms with Crippen molar-refractivity contribution in [2.45, 2.75) is 26.7 Å². The Labute approximate surface area is 170 Å². The number of amides is 1. The van der Waals surface area contributed by atoms with E-state index < -0.39 is 0 Å². The number of halogens is 1. The maximum absolute atomic E-state index is 12.4. The molecular formula is C19H21BrN4O2S. The van der Waals surface area contributed by atoms with Crippen LogP contribution in [0.5, 0.6) is 5.75 Å². The zero-order valence-corrected chi connectivity index (χ0v) is 17.7. The third kappa shape index (κ3) is 4.58. The highest BCUT2D eigenvalue weighted by molar-refractivity contribution is 9.10. The Hall–Kier alpha value is -2.16. The molecule has 27 heavy (non-hydrogen) atoms.